The van der Waals surface area contributed by atoms with E-state index in [2.05, 4.69) is 71.1 Å². The highest BCUT2D eigenvalue weighted by atomic mass is 16.5. The molecule has 1 aromatic carbocycles. The van der Waals surface area contributed by atoms with E-state index in [1.54, 1.807) is 0 Å². The fourth-order valence-corrected chi connectivity index (χ4v) is 3.22. The minimum Gasteiger partial charge on any atom is -0.377 e. The van der Waals surface area contributed by atoms with Gasteiger partial charge in [0.2, 0.25) is 0 Å². The Balaban J connectivity index is 1.92. The van der Waals surface area contributed by atoms with E-state index in [-0.39, 0.29) is 5.41 Å². The number of ether oxygens (including phenoxy) is 1. The Kier molecular flexibility index (Phi) is 5.11. The molecule has 0 saturated heterocycles. The minimum absolute atomic E-state index is 0.214. The molecule has 2 heteroatoms. The summed E-state index contributed by atoms with van der Waals surface area (Å²) in [5.74, 6) is 0.610. The van der Waals surface area contributed by atoms with E-state index in [4.69, 9.17) is 4.74 Å². The number of nitrogens with one attached hydrogen (secondary N) is 1. The molecule has 0 heterocycles. The Labute approximate surface area is 130 Å². The highest BCUT2D eigenvalue weighted by molar-refractivity contribution is 5.28. The van der Waals surface area contributed by atoms with Gasteiger partial charge < -0.3 is 10.1 Å². The lowest BCUT2D eigenvalue weighted by Gasteiger charge is -2.53. The van der Waals surface area contributed by atoms with Crippen LogP contribution in [0.3, 0.4) is 0 Å². The molecule has 1 N–H and O–H groups in total. The molecule has 1 fully saturated rings. The van der Waals surface area contributed by atoms with E-state index in [1.807, 2.05) is 0 Å². The van der Waals surface area contributed by atoms with E-state index >= 15 is 0 Å². The van der Waals surface area contributed by atoms with E-state index < -0.39 is 0 Å². The third kappa shape index (κ3) is 3.67. The zero-order valence-corrected chi connectivity index (χ0v) is 14.4. The van der Waals surface area contributed by atoms with Gasteiger partial charge in [0.15, 0.2) is 0 Å². The number of aryl methyl sites for hydroxylation is 1. The van der Waals surface area contributed by atoms with Crippen LogP contribution in [0.2, 0.25) is 0 Å². The molecule has 0 spiro atoms. The second-order valence-corrected chi connectivity index (χ2v) is 7.57. The van der Waals surface area contributed by atoms with Gasteiger partial charge in [-0.1, -0.05) is 52.0 Å². The molecule has 2 rings (SSSR count). The van der Waals surface area contributed by atoms with Gasteiger partial charge in [-0.15, -0.1) is 0 Å². The van der Waals surface area contributed by atoms with Gasteiger partial charge in [-0.3, -0.25) is 0 Å². The third-order valence-electron chi connectivity index (χ3n) is 4.91. The first-order chi connectivity index (χ1) is 9.82. The Hall–Kier alpha value is -0.860. The smallest absolute Gasteiger partial charge is 0.0656 e. The molecule has 1 aliphatic carbocycles. The summed E-state index contributed by atoms with van der Waals surface area (Å²) in [6.45, 7) is 14.4. The van der Waals surface area contributed by atoms with Gasteiger partial charge in [-0.2, -0.15) is 0 Å². The lowest BCUT2D eigenvalue weighted by atomic mass is 9.64. The molecule has 0 aliphatic heterocycles. The van der Waals surface area contributed by atoms with Crippen LogP contribution in [-0.2, 0) is 4.74 Å². The molecule has 0 radical (unpaired) electrons. The highest BCUT2D eigenvalue weighted by Crippen LogP contribution is 2.44. The zero-order valence-electron chi connectivity index (χ0n) is 14.4. The van der Waals surface area contributed by atoms with Gasteiger partial charge in [-0.25, -0.2) is 0 Å². The van der Waals surface area contributed by atoms with Gasteiger partial charge in [0.05, 0.1) is 6.10 Å². The Bertz CT molecular complexity index is 466. The first-order valence-corrected chi connectivity index (χ1v) is 8.25. The number of rotatable bonds is 6. The van der Waals surface area contributed by atoms with Crippen molar-refractivity contribution in [1.82, 2.24) is 5.32 Å². The number of hydrogen-bond acceptors (Lipinski definition) is 2. The Morgan fingerprint density at radius 3 is 2.48 bits per heavy atom. The first kappa shape index (κ1) is 16.5. The summed E-state index contributed by atoms with van der Waals surface area (Å²) in [6.07, 6.45) is 1.51. The van der Waals surface area contributed by atoms with E-state index in [0.717, 1.165) is 13.0 Å². The summed E-state index contributed by atoms with van der Waals surface area (Å²) in [7, 11) is 0. The maximum atomic E-state index is 6.06. The zero-order chi connectivity index (χ0) is 15.6. The van der Waals surface area contributed by atoms with Crippen molar-refractivity contribution in [1.29, 1.82) is 0 Å². The van der Waals surface area contributed by atoms with Crippen LogP contribution in [-0.4, -0.2) is 18.8 Å². The topological polar surface area (TPSA) is 21.3 Å². The second-order valence-electron chi connectivity index (χ2n) is 7.57. The summed E-state index contributed by atoms with van der Waals surface area (Å²) in [5.41, 5.74) is 2.98. The van der Waals surface area contributed by atoms with Crippen LogP contribution >= 0.6 is 0 Å². The maximum Gasteiger partial charge on any atom is 0.0656 e. The predicted molar refractivity (Wildman–Crippen MR) is 89.5 cm³/mol. The predicted octanol–water partition coefficient (Wildman–Crippen LogP) is 4.49. The molecule has 0 aromatic heterocycles. The van der Waals surface area contributed by atoms with Crippen LogP contribution in [0.1, 0.15) is 58.2 Å². The van der Waals surface area contributed by atoms with Crippen LogP contribution in [0.4, 0.5) is 0 Å². The lowest BCUT2D eigenvalue weighted by Crippen LogP contribution is -2.61. The van der Waals surface area contributed by atoms with Crippen LogP contribution in [0, 0.1) is 18.3 Å². The Morgan fingerprint density at radius 1 is 1.24 bits per heavy atom. The molecule has 1 saturated carbocycles. The molecule has 0 amide bonds. The van der Waals surface area contributed by atoms with E-state index in [9.17, 15) is 0 Å². The Morgan fingerprint density at radius 2 is 1.90 bits per heavy atom. The van der Waals surface area contributed by atoms with Crippen molar-refractivity contribution in [2.75, 3.05) is 6.61 Å². The van der Waals surface area contributed by atoms with Crippen LogP contribution in [0.25, 0.3) is 0 Å². The lowest BCUT2D eigenvalue weighted by molar-refractivity contribution is -0.125. The fourth-order valence-electron chi connectivity index (χ4n) is 3.22. The van der Waals surface area contributed by atoms with Crippen LogP contribution in [0.15, 0.2) is 24.3 Å². The molecule has 118 valence electrons. The van der Waals surface area contributed by atoms with Crippen molar-refractivity contribution in [3.05, 3.63) is 35.4 Å². The third-order valence-corrected chi connectivity index (χ3v) is 4.91. The largest absolute Gasteiger partial charge is 0.377 e. The van der Waals surface area contributed by atoms with Crippen molar-refractivity contribution >= 4 is 0 Å². The molecule has 3 atom stereocenters. The summed E-state index contributed by atoms with van der Waals surface area (Å²) >= 11 is 0. The molecule has 2 nitrogen and oxygen atoms in total. The van der Waals surface area contributed by atoms with Crippen molar-refractivity contribution in [3.8, 4) is 0 Å². The van der Waals surface area contributed by atoms with Crippen LogP contribution in [0.5, 0.6) is 0 Å². The highest BCUT2D eigenvalue weighted by Gasteiger charge is 2.49. The van der Waals surface area contributed by atoms with E-state index in [1.165, 1.54) is 11.1 Å². The standard InChI is InChI=1S/C19H31NO/c1-13(2)12-21-18-11-17(19(18,5)6)20-15(4)16-10-8-7-9-14(16)3/h7-10,13,15,17-18,20H,11-12H2,1-6H3/t15-,17?,18?/m0/s1. The molecule has 2 unspecified atom stereocenters. The fraction of sp³-hybridized carbons (Fsp3) is 0.684. The van der Waals surface area contributed by atoms with Gasteiger partial charge in [0, 0.05) is 24.1 Å². The monoisotopic (exact) mass is 289 g/mol. The summed E-state index contributed by atoms with van der Waals surface area (Å²) in [4.78, 5) is 0. The second kappa shape index (κ2) is 6.50. The van der Waals surface area contributed by atoms with Crippen molar-refractivity contribution in [3.63, 3.8) is 0 Å². The molecule has 0 bridgehead atoms. The van der Waals surface area contributed by atoms with Crippen molar-refractivity contribution in [2.45, 2.75) is 66.2 Å². The molecular formula is C19H31NO. The number of benzene rings is 1. The summed E-state index contributed by atoms with van der Waals surface area (Å²) < 4.78 is 6.06. The first-order valence-electron chi connectivity index (χ1n) is 8.25. The summed E-state index contributed by atoms with van der Waals surface area (Å²) in [6, 6.07) is 9.57. The molecule has 21 heavy (non-hydrogen) atoms. The van der Waals surface area contributed by atoms with Gasteiger partial charge in [0.25, 0.3) is 0 Å². The quantitative estimate of drug-likeness (QED) is 0.833. The molecular weight excluding hydrogens is 258 g/mol. The SMILES string of the molecule is Cc1ccccc1[C@H](C)NC1CC(OCC(C)C)C1(C)C. The molecule has 1 aromatic rings. The van der Waals surface area contributed by atoms with Gasteiger partial charge >= 0.3 is 0 Å². The normalized spacial score (nSPS) is 25.7. The molecule has 1 aliphatic rings. The van der Waals surface area contributed by atoms with Gasteiger partial charge in [0.1, 0.15) is 0 Å². The average Bonchev–Trinajstić information content (AvgIpc) is 2.41. The van der Waals surface area contributed by atoms with Crippen LogP contribution < -0.4 is 5.32 Å². The van der Waals surface area contributed by atoms with E-state index in [0.29, 0.717) is 24.1 Å². The minimum atomic E-state index is 0.214. The van der Waals surface area contributed by atoms with Gasteiger partial charge in [-0.05, 0) is 37.3 Å². The van der Waals surface area contributed by atoms with Crippen molar-refractivity contribution in [2.24, 2.45) is 11.3 Å². The number of hydrogen-bond donors (Lipinski definition) is 1. The average molecular weight is 289 g/mol. The summed E-state index contributed by atoms with van der Waals surface area (Å²) in [5, 5.41) is 3.80. The van der Waals surface area contributed by atoms with Crippen molar-refractivity contribution < 1.29 is 4.74 Å². The maximum absolute atomic E-state index is 6.06.